The molecule has 0 fully saturated rings. The molecule has 7 nitrogen and oxygen atoms in total. The molecular weight excluding hydrogens is 376 g/mol. The van der Waals surface area contributed by atoms with Gasteiger partial charge in [-0.2, -0.15) is 0 Å². The van der Waals surface area contributed by atoms with E-state index in [9.17, 15) is 9.59 Å². The number of methoxy groups -OCH3 is 1. The van der Waals surface area contributed by atoms with Gasteiger partial charge >= 0.3 is 0 Å². The van der Waals surface area contributed by atoms with Crippen LogP contribution in [0.2, 0.25) is 0 Å². The Bertz CT molecular complexity index is 812. The average molecular weight is 405 g/mol. The number of nitrogens with zero attached hydrogens (tertiary/aromatic N) is 2. The van der Waals surface area contributed by atoms with E-state index in [4.69, 9.17) is 4.74 Å². The number of nitrogens with one attached hydrogen (secondary N) is 2. The van der Waals surface area contributed by atoms with Gasteiger partial charge in [0.1, 0.15) is 16.8 Å². The van der Waals surface area contributed by atoms with Crippen molar-refractivity contribution in [2.75, 3.05) is 12.4 Å². The molecule has 1 heterocycles. The first-order chi connectivity index (χ1) is 13.2. The van der Waals surface area contributed by atoms with E-state index in [1.165, 1.54) is 11.3 Å². The van der Waals surface area contributed by atoms with Crippen molar-refractivity contribution in [3.8, 4) is 16.3 Å². The molecule has 2 rings (SSSR count). The van der Waals surface area contributed by atoms with E-state index in [2.05, 4.69) is 20.8 Å². The van der Waals surface area contributed by atoms with Crippen molar-refractivity contribution < 1.29 is 14.3 Å². The number of anilines is 1. The molecule has 0 aliphatic rings. The molecule has 2 atom stereocenters. The van der Waals surface area contributed by atoms with Gasteiger partial charge in [0, 0.05) is 11.0 Å². The van der Waals surface area contributed by atoms with Crippen LogP contribution >= 0.6 is 11.3 Å². The van der Waals surface area contributed by atoms with Gasteiger partial charge in [-0.15, -0.1) is 10.2 Å². The quantitative estimate of drug-likeness (QED) is 0.733. The fourth-order valence-corrected chi connectivity index (χ4v) is 3.12. The SMILES string of the molecule is CCC(C)C(NC(=O)C(C)(C)C)C(=O)Nc1nnc(-c2ccc(OC)cc2)s1. The zero-order valence-electron chi connectivity index (χ0n) is 17.2. The summed E-state index contributed by atoms with van der Waals surface area (Å²) in [7, 11) is 1.61. The minimum Gasteiger partial charge on any atom is -0.497 e. The molecule has 0 bridgehead atoms. The average Bonchev–Trinajstić information content (AvgIpc) is 3.12. The van der Waals surface area contributed by atoms with Crippen LogP contribution in [0.15, 0.2) is 24.3 Å². The predicted octanol–water partition coefficient (Wildman–Crippen LogP) is 3.73. The van der Waals surface area contributed by atoms with Crippen molar-refractivity contribution in [1.82, 2.24) is 15.5 Å². The molecule has 28 heavy (non-hydrogen) atoms. The Balaban J connectivity index is 2.12. The lowest BCUT2D eigenvalue weighted by atomic mass is 9.92. The predicted molar refractivity (Wildman–Crippen MR) is 111 cm³/mol. The highest BCUT2D eigenvalue weighted by Crippen LogP contribution is 2.28. The van der Waals surface area contributed by atoms with Crippen LogP contribution in [0.5, 0.6) is 5.75 Å². The van der Waals surface area contributed by atoms with Crippen molar-refractivity contribution in [2.45, 2.75) is 47.1 Å². The highest BCUT2D eigenvalue weighted by atomic mass is 32.1. The minimum atomic E-state index is -0.634. The second-order valence-corrected chi connectivity index (χ2v) is 8.69. The molecule has 0 saturated carbocycles. The van der Waals surface area contributed by atoms with Crippen molar-refractivity contribution in [3.63, 3.8) is 0 Å². The third-order valence-electron chi connectivity index (χ3n) is 4.46. The van der Waals surface area contributed by atoms with E-state index >= 15 is 0 Å². The summed E-state index contributed by atoms with van der Waals surface area (Å²) in [6.07, 6.45) is 0.760. The maximum atomic E-state index is 12.8. The Morgan fingerprint density at radius 1 is 1.18 bits per heavy atom. The van der Waals surface area contributed by atoms with Gasteiger partial charge in [-0.1, -0.05) is 52.4 Å². The molecule has 8 heteroatoms. The van der Waals surface area contributed by atoms with Crippen LogP contribution in [0.3, 0.4) is 0 Å². The standard InChI is InChI=1S/C20H28N4O3S/c1-7-12(2)15(21-18(26)20(3,4)5)16(25)22-19-24-23-17(28-19)13-8-10-14(27-6)11-9-13/h8-12,15H,7H2,1-6H3,(H,21,26)(H,22,24,25). The lowest BCUT2D eigenvalue weighted by Crippen LogP contribution is -2.50. The molecule has 0 saturated heterocycles. The van der Waals surface area contributed by atoms with Gasteiger partial charge in [-0.25, -0.2) is 0 Å². The first-order valence-electron chi connectivity index (χ1n) is 9.25. The van der Waals surface area contributed by atoms with Crippen LogP contribution < -0.4 is 15.4 Å². The number of ether oxygens (including phenoxy) is 1. The van der Waals surface area contributed by atoms with E-state index in [0.29, 0.717) is 10.1 Å². The van der Waals surface area contributed by atoms with Gasteiger partial charge in [0.05, 0.1) is 7.11 Å². The van der Waals surface area contributed by atoms with Crippen LogP contribution in [0, 0.1) is 11.3 Å². The third kappa shape index (κ3) is 5.51. The van der Waals surface area contributed by atoms with Crippen LogP contribution in [-0.2, 0) is 9.59 Å². The molecule has 0 aliphatic heterocycles. The molecular formula is C20H28N4O3S. The van der Waals surface area contributed by atoms with E-state index in [1.54, 1.807) is 7.11 Å². The van der Waals surface area contributed by atoms with Crippen molar-refractivity contribution in [3.05, 3.63) is 24.3 Å². The monoisotopic (exact) mass is 404 g/mol. The minimum absolute atomic E-state index is 0.0136. The zero-order valence-corrected chi connectivity index (χ0v) is 18.0. The van der Waals surface area contributed by atoms with Crippen LogP contribution in [-0.4, -0.2) is 35.2 Å². The topological polar surface area (TPSA) is 93.2 Å². The van der Waals surface area contributed by atoms with Crippen molar-refractivity contribution in [2.24, 2.45) is 11.3 Å². The molecule has 2 N–H and O–H groups in total. The Morgan fingerprint density at radius 2 is 1.82 bits per heavy atom. The zero-order chi connectivity index (χ0) is 20.9. The normalized spacial score (nSPS) is 13.5. The lowest BCUT2D eigenvalue weighted by Gasteiger charge is -2.27. The summed E-state index contributed by atoms with van der Waals surface area (Å²) in [6.45, 7) is 9.39. The maximum absolute atomic E-state index is 12.8. The molecule has 152 valence electrons. The number of hydrogen-bond donors (Lipinski definition) is 2. The third-order valence-corrected chi connectivity index (χ3v) is 5.34. The Kier molecular flexibility index (Phi) is 7.12. The first-order valence-corrected chi connectivity index (χ1v) is 10.1. The Labute approximate surface area is 169 Å². The van der Waals surface area contributed by atoms with E-state index in [0.717, 1.165) is 17.7 Å². The number of benzene rings is 1. The summed E-state index contributed by atoms with van der Waals surface area (Å²) in [4.78, 5) is 25.2. The largest absolute Gasteiger partial charge is 0.497 e. The van der Waals surface area contributed by atoms with E-state index in [1.807, 2.05) is 58.9 Å². The summed E-state index contributed by atoms with van der Waals surface area (Å²) in [5.74, 6) is 0.293. The van der Waals surface area contributed by atoms with Gasteiger partial charge in [0.15, 0.2) is 0 Å². The van der Waals surface area contributed by atoms with Gasteiger partial charge < -0.3 is 10.1 Å². The van der Waals surface area contributed by atoms with Gasteiger partial charge in [0.2, 0.25) is 16.9 Å². The number of hydrogen-bond acceptors (Lipinski definition) is 6. The fourth-order valence-electron chi connectivity index (χ4n) is 2.37. The molecule has 0 aliphatic carbocycles. The Hall–Kier alpha value is -2.48. The highest BCUT2D eigenvalue weighted by molar-refractivity contribution is 7.18. The van der Waals surface area contributed by atoms with E-state index < -0.39 is 11.5 Å². The molecule has 0 spiro atoms. The van der Waals surface area contributed by atoms with Gasteiger partial charge in [-0.05, 0) is 30.2 Å². The molecule has 2 amide bonds. The number of carbonyl (C=O) groups is 2. The molecule has 2 unspecified atom stereocenters. The number of aromatic nitrogens is 2. The molecule has 2 aromatic rings. The second-order valence-electron chi connectivity index (χ2n) is 7.72. The summed E-state index contributed by atoms with van der Waals surface area (Å²) < 4.78 is 5.15. The molecule has 1 aromatic heterocycles. The highest BCUT2D eigenvalue weighted by Gasteiger charge is 2.31. The summed E-state index contributed by atoms with van der Waals surface area (Å²) in [6, 6.07) is 6.82. The first kappa shape index (κ1) is 21.8. The lowest BCUT2D eigenvalue weighted by molar-refractivity contribution is -0.132. The van der Waals surface area contributed by atoms with E-state index in [-0.39, 0.29) is 17.7 Å². The van der Waals surface area contributed by atoms with Gasteiger partial charge in [-0.3, -0.25) is 14.9 Å². The summed E-state index contributed by atoms with van der Waals surface area (Å²) in [5.41, 5.74) is 0.314. The van der Waals surface area contributed by atoms with Crippen LogP contribution in [0.4, 0.5) is 5.13 Å². The number of amides is 2. The Morgan fingerprint density at radius 3 is 2.36 bits per heavy atom. The number of carbonyl (C=O) groups excluding carboxylic acids is 2. The molecule has 0 radical (unpaired) electrons. The molecule has 1 aromatic carbocycles. The van der Waals surface area contributed by atoms with Crippen LogP contribution in [0.25, 0.3) is 10.6 Å². The maximum Gasteiger partial charge on any atom is 0.249 e. The van der Waals surface area contributed by atoms with Crippen molar-refractivity contribution in [1.29, 1.82) is 0 Å². The second kappa shape index (κ2) is 9.14. The van der Waals surface area contributed by atoms with Crippen LogP contribution in [0.1, 0.15) is 41.0 Å². The van der Waals surface area contributed by atoms with Gasteiger partial charge in [0.25, 0.3) is 0 Å². The number of rotatable bonds is 7. The summed E-state index contributed by atoms with van der Waals surface area (Å²) in [5, 5.41) is 15.0. The van der Waals surface area contributed by atoms with Crippen molar-refractivity contribution >= 4 is 28.3 Å². The fraction of sp³-hybridized carbons (Fsp3) is 0.500. The summed E-state index contributed by atoms with van der Waals surface area (Å²) >= 11 is 1.28. The smallest absolute Gasteiger partial charge is 0.249 e.